The summed E-state index contributed by atoms with van der Waals surface area (Å²) in [5.74, 6) is -1.23. The third-order valence-electron chi connectivity index (χ3n) is 6.76. The van der Waals surface area contributed by atoms with Crippen LogP contribution in [0.15, 0.2) is 18.2 Å². The molecule has 1 aliphatic carbocycles. The number of nitrogens with zero attached hydrogens (tertiary/aromatic N) is 2. The molecule has 1 heterocycles. The van der Waals surface area contributed by atoms with Crippen LogP contribution in [0.25, 0.3) is 0 Å². The first-order valence-electron chi connectivity index (χ1n) is 12.4. The fraction of sp³-hybridized carbons (Fsp3) is 0.640. The van der Waals surface area contributed by atoms with E-state index in [0.717, 1.165) is 51.6 Å². The number of nitrogens with one attached hydrogen (secondary N) is 3. The summed E-state index contributed by atoms with van der Waals surface area (Å²) in [7, 11) is 0. The number of hydrogen-bond donors (Lipinski definition) is 4. The number of hydroxylamine groups is 1. The van der Waals surface area contributed by atoms with E-state index in [1.54, 1.807) is 17.6 Å². The van der Waals surface area contributed by atoms with E-state index in [0.29, 0.717) is 12.2 Å². The van der Waals surface area contributed by atoms with Gasteiger partial charge in [-0.15, -0.1) is 0 Å². The molecule has 1 saturated carbocycles. The maximum atomic E-state index is 14.7. The van der Waals surface area contributed by atoms with Gasteiger partial charge in [-0.25, -0.2) is 14.7 Å². The van der Waals surface area contributed by atoms with Crippen molar-refractivity contribution in [2.24, 2.45) is 11.3 Å². The summed E-state index contributed by atoms with van der Waals surface area (Å²) in [6, 6.07) is 2.99. The number of carbonyl (C=O) groups excluding carboxylic acids is 3. The quantitative estimate of drug-likeness (QED) is 0.328. The number of rotatable bonds is 8. The van der Waals surface area contributed by atoms with Gasteiger partial charge in [0.2, 0.25) is 5.91 Å². The highest BCUT2D eigenvalue weighted by molar-refractivity contribution is 5.95. The van der Waals surface area contributed by atoms with Crippen molar-refractivity contribution in [2.75, 3.05) is 36.4 Å². The van der Waals surface area contributed by atoms with Crippen molar-refractivity contribution in [3.8, 4) is 0 Å². The van der Waals surface area contributed by atoms with Crippen molar-refractivity contribution in [3.63, 3.8) is 0 Å². The van der Waals surface area contributed by atoms with E-state index in [1.165, 1.54) is 11.0 Å². The molecule has 0 aromatic heterocycles. The normalized spacial score (nSPS) is 17.2. The molecule has 1 aromatic rings. The van der Waals surface area contributed by atoms with E-state index in [9.17, 15) is 18.8 Å². The predicted molar refractivity (Wildman–Crippen MR) is 132 cm³/mol. The summed E-state index contributed by atoms with van der Waals surface area (Å²) in [6.45, 7) is 7.16. The summed E-state index contributed by atoms with van der Waals surface area (Å²) in [5, 5.41) is 14.3. The molecule has 1 aromatic carbocycles. The molecule has 2 fully saturated rings. The average Bonchev–Trinajstić information content (AvgIpc) is 3.50. The first-order chi connectivity index (χ1) is 16.6. The molecule has 0 bridgehead atoms. The van der Waals surface area contributed by atoms with E-state index < -0.39 is 35.1 Å². The topological polar surface area (TPSA) is 114 Å². The van der Waals surface area contributed by atoms with Gasteiger partial charge in [0.15, 0.2) is 0 Å². The Balaban J connectivity index is 1.70. The van der Waals surface area contributed by atoms with Crippen molar-refractivity contribution in [1.29, 1.82) is 0 Å². The van der Waals surface area contributed by atoms with Gasteiger partial charge in [0.25, 0.3) is 5.91 Å². The average molecular weight is 492 g/mol. The molecule has 0 spiro atoms. The number of amides is 4. The Kier molecular flexibility index (Phi) is 8.93. The summed E-state index contributed by atoms with van der Waals surface area (Å²) in [4.78, 5) is 41.6. The minimum Gasteiger partial charge on any atom is -0.369 e. The first kappa shape index (κ1) is 26.7. The number of anilines is 2. The van der Waals surface area contributed by atoms with Crippen LogP contribution in [0, 0.1) is 17.2 Å². The summed E-state index contributed by atoms with van der Waals surface area (Å²) in [6.07, 6.45) is 6.16. The van der Waals surface area contributed by atoms with E-state index in [4.69, 9.17) is 5.21 Å². The van der Waals surface area contributed by atoms with Crippen molar-refractivity contribution < 1.29 is 24.0 Å². The minimum atomic E-state index is -0.941. The zero-order valence-electron chi connectivity index (χ0n) is 20.9. The smallest absolute Gasteiger partial charge is 0.319 e. The summed E-state index contributed by atoms with van der Waals surface area (Å²) < 4.78 is 14.7. The number of halogens is 1. The van der Waals surface area contributed by atoms with Gasteiger partial charge in [0.1, 0.15) is 18.4 Å². The van der Waals surface area contributed by atoms with Gasteiger partial charge in [0, 0.05) is 25.3 Å². The third-order valence-corrected chi connectivity index (χ3v) is 6.76. The second-order valence-corrected chi connectivity index (χ2v) is 10.7. The van der Waals surface area contributed by atoms with Crippen molar-refractivity contribution in [3.05, 3.63) is 24.0 Å². The highest BCUT2D eigenvalue weighted by Crippen LogP contribution is 2.28. The molecule has 4 amide bonds. The molecule has 9 nitrogen and oxygen atoms in total. The molecule has 194 valence electrons. The Morgan fingerprint density at radius 1 is 1.14 bits per heavy atom. The molecule has 10 heteroatoms. The molecule has 0 unspecified atom stereocenters. The van der Waals surface area contributed by atoms with Crippen LogP contribution in [-0.2, 0) is 9.59 Å². The van der Waals surface area contributed by atoms with Gasteiger partial charge in [-0.3, -0.25) is 14.8 Å². The minimum absolute atomic E-state index is 0.275. The molecule has 1 saturated heterocycles. The van der Waals surface area contributed by atoms with Crippen LogP contribution in [0.2, 0.25) is 0 Å². The lowest BCUT2D eigenvalue weighted by atomic mass is 9.85. The Morgan fingerprint density at radius 2 is 1.80 bits per heavy atom. The Hall–Kier alpha value is -2.88. The van der Waals surface area contributed by atoms with Crippen LogP contribution in [0.5, 0.6) is 0 Å². The monoisotopic (exact) mass is 491 g/mol. The highest BCUT2D eigenvalue weighted by Gasteiger charge is 2.37. The number of benzene rings is 1. The van der Waals surface area contributed by atoms with Crippen LogP contribution >= 0.6 is 0 Å². The van der Waals surface area contributed by atoms with E-state index >= 15 is 0 Å². The molecule has 3 rings (SSSR count). The largest absolute Gasteiger partial charge is 0.369 e. The number of urea groups is 1. The number of hydrogen-bond acceptors (Lipinski definition) is 5. The summed E-state index contributed by atoms with van der Waals surface area (Å²) >= 11 is 0. The van der Waals surface area contributed by atoms with E-state index in [1.807, 2.05) is 25.7 Å². The maximum absolute atomic E-state index is 14.7. The van der Waals surface area contributed by atoms with Crippen molar-refractivity contribution in [1.82, 2.24) is 15.7 Å². The third kappa shape index (κ3) is 7.30. The molecule has 1 atom stereocenters. The Morgan fingerprint density at radius 3 is 2.37 bits per heavy atom. The fourth-order valence-electron chi connectivity index (χ4n) is 4.87. The molecule has 4 N–H and O–H groups in total. The van der Waals surface area contributed by atoms with Gasteiger partial charge in [-0.05, 0) is 55.2 Å². The van der Waals surface area contributed by atoms with Gasteiger partial charge < -0.3 is 20.4 Å². The van der Waals surface area contributed by atoms with Crippen LogP contribution in [-0.4, -0.2) is 60.2 Å². The lowest BCUT2D eigenvalue weighted by Crippen LogP contribution is -2.57. The van der Waals surface area contributed by atoms with Gasteiger partial charge in [-0.2, -0.15) is 0 Å². The van der Waals surface area contributed by atoms with Crippen molar-refractivity contribution in [2.45, 2.75) is 65.3 Å². The second kappa shape index (κ2) is 11.7. The first-order valence-corrected chi connectivity index (χ1v) is 12.4. The Labute approximate surface area is 206 Å². The lowest BCUT2D eigenvalue weighted by Gasteiger charge is -2.35. The molecule has 0 radical (unpaired) electrons. The molecule has 1 aliphatic heterocycles. The molecular weight excluding hydrogens is 453 g/mol. The Bertz CT molecular complexity index is 908. The molecular formula is C25H38FN5O4. The van der Waals surface area contributed by atoms with Gasteiger partial charge in [0.05, 0.1) is 5.69 Å². The van der Waals surface area contributed by atoms with Crippen LogP contribution < -0.4 is 21.0 Å². The van der Waals surface area contributed by atoms with Crippen LogP contribution in [0.1, 0.15) is 59.3 Å². The van der Waals surface area contributed by atoms with Gasteiger partial charge >= 0.3 is 6.03 Å². The molecule has 2 aliphatic rings. The highest BCUT2D eigenvalue weighted by atomic mass is 19.1. The zero-order chi connectivity index (χ0) is 25.6. The van der Waals surface area contributed by atoms with Gasteiger partial charge in [-0.1, -0.05) is 33.6 Å². The lowest BCUT2D eigenvalue weighted by molar-refractivity contribution is -0.142. The molecule has 35 heavy (non-hydrogen) atoms. The SMILES string of the molecule is CC(C)(C)[C@H](NC(=O)Nc1ccc(N2CCCC2)c(F)c1)C(=O)N(CC(=O)NO)CC1CCCC1. The van der Waals surface area contributed by atoms with Crippen LogP contribution in [0.3, 0.4) is 0 Å². The van der Waals surface area contributed by atoms with Crippen molar-refractivity contribution >= 4 is 29.2 Å². The predicted octanol–water partition coefficient (Wildman–Crippen LogP) is 3.49. The maximum Gasteiger partial charge on any atom is 0.319 e. The zero-order valence-corrected chi connectivity index (χ0v) is 20.9. The van der Waals surface area contributed by atoms with Crippen LogP contribution in [0.4, 0.5) is 20.6 Å². The standard InChI is InChI=1S/C25H38FN5O4/c1-25(2,3)22(23(33)31(16-21(32)29-35)15-17-8-4-5-9-17)28-24(34)27-18-10-11-20(19(26)14-18)30-12-6-7-13-30/h10-11,14,17,22,35H,4-9,12-13,15-16H2,1-3H3,(H,29,32)(H2,27,28,34)/t22-/m1/s1. The number of carbonyl (C=O) groups is 3. The second-order valence-electron chi connectivity index (χ2n) is 10.7. The van der Waals surface area contributed by atoms with E-state index in [2.05, 4.69) is 10.6 Å². The summed E-state index contributed by atoms with van der Waals surface area (Å²) in [5.41, 5.74) is 1.72. The fourth-order valence-corrected chi connectivity index (χ4v) is 4.87. The van der Waals surface area contributed by atoms with E-state index in [-0.39, 0.29) is 18.2 Å².